The van der Waals surface area contributed by atoms with Crippen LogP contribution in [0.4, 0.5) is 5.69 Å². The predicted molar refractivity (Wildman–Crippen MR) is 111 cm³/mol. The summed E-state index contributed by atoms with van der Waals surface area (Å²) >= 11 is 0. The number of para-hydroxylation sites is 2. The molecule has 144 valence electrons. The number of aryl methyl sites for hydroxylation is 1. The van der Waals surface area contributed by atoms with Crippen LogP contribution >= 0.6 is 0 Å². The molecule has 0 aliphatic rings. The number of fused-ring (bicyclic) bond motifs is 1. The van der Waals surface area contributed by atoms with Gasteiger partial charge >= 0.3 is 5.69 Å². The van der Waals surface area contributed by atoms with E-state index in [4.69, 9.17) is 0 Å². The first-order valence-electron chi connectivity index (χ1n) is 9.01. The topological polar surface area (TPSA) is 87.1 Å². The lowest BCUT2D eigenvalue weighted by atomic mass is 10.1. The summed E-state index contributed by atoms with van der Waals surface area (Å²) in [7, 11) is 0. The molecule has 0 unspecified atom stereocenters. The fraction of sp³-hybridized carbons (Fsp3) is 0.0909. The summed E-state index contributed by atoms with van der Waals surface area (Å²) in [5.41, 5.74) is 1.73. The number of aromatic nitrogens is 2. The van der Waals surface area contributed by atoms with E-state index in [9.17, 15) is 19.7 Å². The lowest BCUT2D eigenvalue weighted by Gasteiger charge is -2.15. The zero-order valence-corrected chi connectivity index (χ0v) is 15.6. The molecule has 0 saturated heterocycles. The Morgan fingerprint density at radius 3 is 2.24 bits per heavy atom. The molecule has 0 N–H and O–H groups in total. The zero-order valence-electron chi connectivity index (χ0n) is 15.6. The standard InChI is InChI=1S/C22H17N3O4/c1-15-6-2-4-8-19(15)24-21(26)18-7-3-5-9-20(18)23(22(24)27)14-16-10-12-17(13-11-16)25(28)29/h2-13H,14H2,1H3. The monoisotopic (exact) mass is 387 g/mol. The van der Waals surface area contributed by atoms with Crippen molar-refractivity contribution >= 4 is 16.6 Å². The van der Waals surface area contributed by atoms with Crippen molar-refractivity contribution in [1.82, 2.24) is 9.13 Å². The predicted octanol–water partition coefficient (Wildman–Crippen LogP) is 3.42. The lowest BCUT2D eigenvalue weighted by Crippen LogP contribution is -2.39. The molecular weight excluding hydrogens is 370 g/mol. The van der Waals surface area contributed by atoms with Gasteiger partial charge in [-0.25, -0.2) is 9.36 Å². The minimum absolute atomic E-state index is 0.0177. The third kappa shape index (κ3) is 3.23. The minimum atomic E-state index is -0.469. The molecule has 7 nitrogen and oxygen atoms in total. The van der Waals surface area contributed by atoms with Crippen molar-refractivity contribution in [2.24, 2.45) is 0 Å². The molecule has 7 heteroatoms. The van der Waals surface area contributed by atoms with Gasteiger partial charge in [0.15, 0.2) is 0 Å². The van der Waals surface area contributed by atoms with Gasteiger partial charge in [0.25, 0.3) is 11.2 Å². The first kappa shape index (κ1) is 18.4. The third-order valence-corrected chi connectivity index (χ3v) is 4.89. The Morgan fingerprint density at radius 1 is 0.897 bits per heavy atom. The van der Waals surface area contributed by atoms with Crippen molar-refractivity contribution in [3.63, 3.8) is 0 Å². The van der Waals surface area contributed by atoms with Gasteiger partial charge in [0.05, 0.1) is 28.1 Å². The van der Waals surface area contributed by atoms with Gasteiger partial charge in [0, 0.05) is 12.1 Å². The van der Waals surface area contributed by atoms with E-state index in [-0.39, 0.29) is 17.8 Å². The van der Waals surface area contributed by atoms with Crippen LogP contribution in [0.5, 0.6) is 0 Å². The van der Waals surface area contributed by atoms with Gasteiger partial charge in [-0.15, -0.1) is 0 Å². The lowest BCUT2D eigenvalue weighted by molar-refractivity contribution is -0.384. The highest BCUT2D eigenvalue weighted by molar-refractivity contribution is 5.78. The number of benzene rings is 3. The van der Waals surface area contributed by atoms with Crippen LogP contribution in [0.2, 0.25) is 0 Å². The number of non-ortho nitro benzene ring substituents is 1. The second-order valence-electron chi connectivity index (χ2n) is 6.74. The molecule has 4 rings (SSSR count). The zero-order chi connectivity index (χ0) is 20.5. The average molecular weight is 387 g/mol. The maximum absolute atomic E-state index is 13.4. The van der Waals surface area contributed by atoms with E-state index in [1.54, 1.807) is 48.5 Å². The van der Waals surface area contributed by atoms with E-state index < -0.39 is 10.6 Å². The number of rotatable bonds is 4. The fourth-order valence-electron chi connectivity index (χ4n) is 3.41. The Hall–Kier alpha value is -4.00. The molecule has 1 heterocycles. The average Bonchev–Trinajstić information content (AvgIpc) is 2.73. The third-order valence-electron chi connectivity index (χ3n) is 4.89. The van der Waals surface area contributed by atoms with Gasteiger partial charge < -0.3 is 0 Å². The molecule has 29 heavy (non-hydrogen) atoms. The Kier molecular flexibility index (Phi) is 4.56. The van der Waals surface area contributed by atoms with Crippen molar-refractivity contribution in [1.29, 1.82) is 0 Å². The van der Waals surface area contributed by atoms with Crippen LogP contribution in [-0.2, 0) is 6.54 Å². The molecule has 0 bridgehead atoms. The fourth-order valence-corrected chi connectivity index (χ4v) is 3.41. The molecule has 0 fully saturated rings. The van der Waals surface area contributed by atoms with Crippen LogP contribution < -0.4 is 11.2 Å². The number of nitro groups is 1. The molecule has 0 aliphatic heterocycles. The molecule has 0 saturated carbocycles. The summed E-state index contributed by atoms with van der Waals surface area (Å²) < 4.78 is 2.70. The van der Waals surface area contributed by atoms with Crippen molar-refractivity contribution < 1.29 is 4.92 Å². The highest BCUT2D eigenvalue weighted by Crippen LogP contribution is 2.16. The van der Waals surface area contributed by atoms with Crippen molar-refractivity contribution in [2.45, 2.75) is 13.5 Å². The smallest absolute Gasteiger partial charge is 0.288 e. The van der Waals surface area contributed by atoms with Gasteiger partial charge in [0.1, 0.15) is 0 Å². The van der Waals surface area contributed by atoms with Crippen LogP contribution in [0.25, 0.3) is 16.6 Å². The number of hydrogen-bond acceptors (Lipinski definition) is 4. The summed E-state index contributed by atoms with van der Waals surface area (Å²) in [6.07, 6.45) is 0. The van der Waals surface area contributed by atoms with Gasteiger partial charge in [-0.05, 0) is 36.2 Å². The first-order valence-corrected chi connectivity index (χ1v) is 9.01. The minimum Gasteiger partial charge on any atom is -0.288 e. The van der Waals surface area contributed by atoms with Crippen LogP contribution in [-0.4, -0.2) is 14.1 Å². The Balaban J connectivity index is 1.96. The molecule has 4 aromatic rings. The maximum atomic E-state index is 13.4. The van der Waals surface area contributed by atoms with Crippen molar-refractivity contribution in [3.8, 4) is 5.69 Å². The molecule has 0 atom stereocenters. The SMILES string of the molecule is Cc1ccccc1-n1c(=O)c2ccccc2n(Cc2ccc([N+](=O)[O-])cc2)c1=O. The maximum Gasteiger partial charge on any atom is 0.336 e. The van der Waals surface area contributed by atoms with E-state index in [1.807, 2.05) is 19.1 Å². The molecule has 3 aromatic carbocycles. The van der Waals surface area contributed by atoms with E-state index in [0.717, 1.165) is 11.1 Å². The Bertz CT molecular complexity index is 1350. The first-order chi connectivity index (χ1) is 14.0. The van der Waals surface area contributed by atoms with Gasteiger partial charge in [-0.3, -0.25) is 19.5 Å². The van der Waals surface area contributed by atoms with Crippen LogP contribution in [0.15, 0.2) is 82.4 Å². The summed E-state index contributed by atoms with van der Waals surface area (Å²) in [5.74, 6) is 0. The Morgan fingerprint density at radius 2 is 1.55 bits per heavy atom. The van der Waals surface area contributed by atoms with E-state index in [0.29, 0.717) is 16.6 Å². The van der Waals surface area contributed by atoms with Gasteiger partial charge in [-0.1, -0.05) is 42.5 Å². The summed E-state index contributed by atoms with van der Waals surface area (Å²) in [6.45, 7) is 2.03. The largest absolute Gasteiger partial charge is 0.336 e. The van der Waals surface area contributed by atoms with Crippen molar-refractivity contribution in [2.75, 3.05) is 0 Å². The highest BCUT2D eigenvalue weighted by atomic mass is 16.6. The molecule has 0 amide bonds. The summed E-state index contributed by atoms with van der Waals surface area (Å²) in [5, 5.41) is 11.3. The molecule has 0 radical (unpaired) electrons. The van der Waals surface area contributed by atoms with Crippen molar-refractivity contribution in [3.05, 3.63) is 115 Å². The second kappa shape index (κ2) is 7.20. The summed E-state index contributed by atoms with van der Waals surface area (Å²) in [6, 6.07) is 20.2. The molecular formula is C22H17N3O4. The normalized spacial score (nSPS) is 10.9. The molecule has 0 aliphatic carbocycles. The Labute approximate surface area is 165 Å². The van der Waals surface area contributed by atoms with E-state index in [1.165, 1.54) is 21.3 Å². The van der Waals surface area contributed by atoms with Crippen LogP contribution in [0.1, 0.15) is 11.1 Å². The van der Waals surface area contributed by atoms with E-state index in [2.05, 4.69) is 0 Å². The van der Waals surface area contributed by atoms with Gasteiger partial charge in [0.2, 0.25) is 0 Å². The van der Waals surface area contributed by atoms with Crippen LogP contribution in [0, 0.1) is 17.0 Å². The second-order valence-corrected chi connectivity index (χ2v) is 6.74. The highest BCUT2D eigenvalue weighted by Gasteiger charge is 2.16. The number of hydrogen-bond donors (Lipinski definition) is 0. The number of nitro benzene ring substituents is 1. The van der Waals surface area contributed by atoms with Gasteiger partial charge in [-0.2, -0.15) is 0 Å². The van der Waals surface area contributed by atoms with Crippen LogP contribution in [0.3, 0.4) is 0 Å². The number of nitrogens with zero attached hydrogens (tertiary/aromatic N) is 3. The molecule has 1 aromatic heterocycles. The molecule has 0 spiro atoms. The quantitative estimate of drug-likeness (QED) is 0.397. The summed E-state index contributed by atoms with van der Waals surface area (Å²) in [4.78, 5) is 36.9. The van der Waals surface area contributed by atoms with E-state index >= 15 is 0 Å².